The second-order valence-electron chi connectivity index (χ2n) is 7.22. The van der Waals surface area contributed by atoms with Gasteiger partial charge in [0.1, 0.15) is 6.61 Å². The van der Waals surface area contributed by atoms with Crippen LogP contribution < -0.4 is 0 Å². The first-order chi connectivity index (χ1) is 14.1. The number of hydrogen-bond acceptors (Lipinski definition) is 5. The van der Waals surface area contributed by atoms with Gasteiger partial charge in [-0.3, -0.25) is 0 Å². The van der Waals surface area contributed by atoms with E-state index in [1.54, 1.807) is 0 Å². The molecule has 0 radical (unpaired) electrons. The lowest BCUT2D eigenvalue weighted by Gasteiger charge is -2.26. The zero-order chi connectivity index (χ0) is 20.0. The van der Waals surface area contributed by atoms with Crippen LogP contribution in [0.1, 0.15) is 38.9 Å². The van der Waals surface area contributed by atoms with Gasteiger partial charge in [0, 0.05) is 24.4 Å². The minimum atomic E-state index is -1.19. The van der Waals surface area contributed by atoms with Crippen molar-refractivity contribution in [1.82, 2.24) is 10.1 Å². The van der Waals surface area contributed by atoms with Crippen molar-refractivity contribution in [2.75, 3.05) is 13.2 Å². The maximum Gasteiger partial charge on any atom is 0.410 e. The number of carboxylic acids is 1. The smallest absolute Gasteiger partial charge is 0.410 e. The molecule has 2 heterocycles. The lowest BCUT2D eigenvalue weighted by molar-refractivity contribution is 0.0645. The fraction of sp³-hybridized carbons (Fsp3) is 0.227. The van der Waals surface area contributed by atoms with Crippen LogP contribution in [-0.4, -0.2) is 40.4 Å². The molecule has 0 unspecified atom stereocenters. The molecule has 1 N–H and O–H groups in total. The van der Waals surface area contributed by atoms with Crippen molar-refractivity contribution >= 4 is 12.1 Å². The van der Waals surface area contributed by atoms with Gasteiger partial charge < -0.3 is 19.3 Å². The summed E-state index contributed by atoms with van der Waals surface area (Å²) in [6.45, 7) is 0.762. The average molecular weight is 390 g/mol. The first kappa shape index (κ1) is 17.5. The third-order valence-electron chi connectivity index (χ3n) is 5.63. The average Bonchev–Trinajstić information content (AvgIpc) is 3.31. The Kier molecular flexibility index (Phi) is 4.08. The van der Waals surface area contributed by atoms with Gasteiger partial charge in [-0.2, -0.15) is 0 Å². The highest BCUT2D eigenvalue weighted by Gasteiger charge is 2.32. The molecule has 0 atom stereocenters. The Hall–Kier alpha value is -3.61. The van der Waals surface area contributed by atoms with Crippen molar-refractivity contribution in [3.8, 4) is 11.1 Å². The number of aromatic carboxylic acids is 1. The van der Waals surface area contributed by atoms with Crippen molar-refractivity contribution in [3.05, 3.63) is 76.7 Å². The predicted octanol–water partition coefficient (Wildman–Crippen LogP) is 3.68. The molecule has 2 aliphatic rings. The number of carbonyl (C=O) groups is 2. The highest BCUT2D eigenvalue weighted by Crippen LogP contribution is 2.44. The molecule has 5 rings (SSSR count). The van der Waals surface area contributed by atoms with E-state index in [9.17, 15) is 14.7 Å². The standard InChI is InChI=1S/C22H18N2O5/c25-21(26)20-17-11-24(10-9-19(17)23-29-20)22(27)28-12-18-15-7-3-1-5-13(15)14-6-2-4-8-16(14)18/h1-8,18H,9-12H2,(H,25,26). The van der Waals surface area contributed by atoms with Crippen LogP contribution in [-0.2, 0) is 17.7 Å². The van der Waals surface area contributed by atoms with Gasteiger partial charge in [-0.1, -0.05) is 53.7 Å². The Bertz CT molecular complexity index is 1070. The molecule has 29 heavy (non-hydrogen) atoms. The van der Waals surface area contributed by atoms with Gasteiger partial charge in [0.25, 0.3) is 0 Å². The summed E-state index contributed by atoms with van der Waals surface area (Å²) in [6, 6.07) is 16.3. The molecule has 0 bridgehead atoms. The molecule has 0 saturated carbocycles. The Labute approximate surface area is 166 Å². The topological polar surface area (TPSA) is 92.9 Å². The normalized spacial score (nSPS) is 14.8. The van der Waals surface area contributed by atoms with Crippen LogP contribution in [0.2, 0.25) is 0 Å². The van der Waals surface area contributed by atoms with Gasteiger partial charge in [0.2, 0.25) is 5.76 Å². The van der Waals surface area contributed by atoms with E-state index in [-0.39, 0.29) is 24.8 Å². The largest absolute Gasteiger partial charge is 0.475 e. The first-order valence-corrected chi connectivity index (χ1v) is 9.44. The lowest BCUT2D eigenvalue weighted by atomic mass is 9.98. The van der Waals surface area contributed by atoms with Crippen LogP contribution in [0.15, 0.2) is 53.1 Å². The SMILES string of the molecule is O=C(O)c1onc2c1CN(C(=O)OCC1c3ccccc3-c3ccccc31)CC2. The molecule has 1 aromatic heterocycles. The van der Waals surface area contributed by atoms with Crippen molar-refractivity contribution in [1.29, 1.82) is 0 Å². The van der Waals surface area contributed by atoms with Crippen molar-refractivity contribution in [3.63, 3.8) is 0 Å². The summed E-state index contributed by atoms with van der Waals surface area (Å²) in [7, 11) is 0. The van der Waals surface area contributed by atoms with E-state index in [2.05, 4.69) is 29.4 Å². The van der Waals surface area contributed by atoms with Gasteiger partial charge in [0.15, 0.2) is 0 Å². The van der Waals surface area contributed by atoms with Crippen molar-refractivity contribution < 1.29 is 24.0 Å². The number of fused-ring (bicyclic) bond motifs is 4. The van der Waals surface area contributed by atoms with Crippen LogP contribution in [0.5, 0.6) is 0 Å². The maximum absolute atomic E-state index is 12.7. The fourth-order valence-corrected chi connectivity index (χ4v) is 4.22. The number of ether oxygens (including phenoxy) is 1. The molecular formula is C22H18N2O5. The van der Waals surface area contributed by atoms with Gasteiger partial charge in [-0.05, 0) is 22.3 Å². The van der Waals surface area contributed by atoms with Gasteiger partial charge in [0.05, 0.1) is 12.2 Å². The molecule has 3 aromatic rings. The number of hydrogen-bond donors (Lipinski definition) is 1. The third-order valence-corrected chi connectivity index (χ3v) is 5.63. The number of carboxylic acid groups (broad SMARTS) is 1. The van der Waals surface area contributed by atoms with Crippen LogP contribution >= 0.6 is 0 Å². The summed E-state index contributed by atoms with van der Waals surface area (Å²) >= 11 is 0. The summed E-state index contributed by atoms with van der Waals surface area (Å²) < 4.78 is 10.6. The monoisotopic (exact) mass is 390 g/mol. The van der Waals surface area contributed by atoms with Crippen molar-refractivity contribution in [2.24, 2.45) is 0 Å². The summed E-state index contributed by atoms with van der Waals surface area (Å²) in [4.78, 5) is 25.5. The molecule has 146 valence electrons. The van der Waals surface area contributed by atoms with Crippen LogP contribution in [0.25, 0.3) is 11.1 Å². The predicted molar refractivity (Wildman–Crippen MR) is 103 cm³/mol. The van der Waals surface area contributed by atoms with Gasteiger partial charge in [-0.15, -0.1) is 0 Å². The Morgan fingerprint density at radius 1 is 1.10 bits per heavy atom. The van der Waals surface area contributed by atoms with E-state index >= 15 is 0 Å². The molecule has 1 aliphatic carbocycles. The van der Waals surface area contributed by atoms with E-state index in [4.69, 9.17) is 9.26 Å². The first-order valence-electron chi connectivity index (χ1n) is 9.44. The molecule has 7 nitrogen and oxygen atoms in total. The molecular weight excluding hydrogens is 372 g/mol. The van der Waals surface area contributed by atoms with Crippen LogP contribution in [0.4, 0.5) is 4.79 Å². The fourth-order valence-electron chi connectivity index (χ4n) is 4.22. The number of benzene rings is 2. The number of nitrogens with zero attached hydrogens (tertiary/aromatic N) is 2. The van der Waals surface area contributed by atoms with E-state index < -0.39 is 12.1 Å². The molecule has 0 saturated heterocycles. The summed E-state index contributed by atoms with van der Waals surface area (Å²) in [5.41, 5.74) is 5.66. The highest BCUT2D eigenvalue weighted by molar-refractivity contribution is 5.86. The summed E-state index contributed by atoms with van der Waals surface area (Å²) in [5.74, 6) is -1.42. The van der Waals surface area contributed by atoms with Crippen LogP contribution in [0.3, 0.4) is 0 Å². The molecule has 7 heteroatoms. The number of carbonyl (C=O) groups excluding carboxylic acids is 1. The lowest BCUT2D eigenvalue weighted by Crippen LogP contribution is -2.37. The second-order valence-corrected chi connectivity index (χ2v) is 7.22. The van der Waals surface area contributed by atoms with E-state index in [0.29, 0.717) is 24.2 Å². The third kappa shape index (κ3) is 2.86. The highest BCUT2D eigenvalue weighted by atomic mass is 16.6. The zero-order valence-corrected chi connectivity index (χ0v) is 15.5. The molecule has 0 fully saturated rings. The van der Waals surface area contributed by atoms with Gasteiger partial charge in [-0.25, -0.2) is 9.59 Å². The Balaban J connectivity index is 1.33. The van der Waals surface area contributed by atoms with Gasteiger partial charge >= 0.3 is 12.1 Å². The maximum atomic E-state index is 12.7. The molecule has 1 aliphatic heterocycles. The molecule has 2 aromatic carbocycles. The number of amides is 1. The quantitative estimate of drug-likeness (QED) is 0.733. The minimum Gasteiger partial charge on any atom is -0.475 e. The van der Waals surface area contributed by atoms with Crippen molar-refractivity contribution in [2.45, 2.75) is 18.9 Å². The Morgan fingerprint density at radius 3 is 2.41 bits per heavy atom. The minimum absolute atomic E-state index is 0.0168. The zero-order valence-electron chi connectivity index (χ0n) is 15.5. The van der Waals surface area contributed by atoms with Crippen LogP contribution in [0, 0.1) is 0 Å². The van der Waals surface area contributed by atoms with E-state index in [1.165, 1.54) is 16.0 Å². The summed E-state index contributed by atoms with van der Waals surface area (Å²) in [6.07, 6.45) is -0.0221. The van der Waals surface area contributed by atoms with E-state index in [1.807, 2.05) is 24.3 Å². The summed E-state index contributed by atoms with van der Waals surface area (Å²) in [5, 5.41) is 13.0. The molecule has 0 spiro atoms. The Morgan fingerprint density at radius 2 is 1.76 bits per heavy atom. The van der Waals surface area contributed by atoms with E-state index in [0.717, 1.165) is 11.1 Å². The number of aromatic nitrogens is 1. The second kappa shape index (κ2) is 6.77. The molecule has 1 amide bonds. The number of rotatable bonds is 3.